The Labute approximate surface area is 120 Å². The molecule has 2 rings (SSSR count). The number of hydrogen-bond donors (Lipinski definition) is 1. The van der Waals surface area contributed by atoms with Gasteiger partial charge < -0.3 is 14.6 Å². The number of hydrogen-bond acceptors (Lipinski definition) is 3. The molecule has 102 valence electrons. The van der Waals surface area contributed by atoms with E-state index in [2.05, 4.69) is 15.9 Å². The van der Waals surface area contributed by atoms with E-state index in [0.717, 1.165) is 22.7 Å². The number of rotatable bonds is 7. The Kier molecular flexibility index (Phi) is 4.99. The highest BCUT2D eigenvalue weighted by Crippen LogP contribution is 2.29. The van der Waals surface area contributed by atoms with E-state index in [1.807, 2.05) is 12.1 Å². The van der Waals surface area contributed by atoms with Crippen LogP contribution >= 0.6 is 15.9 Å². The maximum atomic E-state index is 10.5. The molecule has 19 heavy (non-hydrogen) atoms. The fourth-order valence-electron chi connectivity index (χ4n) is 1.51. The predicted octanol–water partition coefficient (Wildman–Crippen LogP) is 3.31. The Hall–Kier alpha value is -1.33. The van der Waals surface area contributed by atoms with Gasteiger partial charge in [0.05, 0.1) is 6.61 Å². The van der Waals surface area contributed by atoms with Crippen molar-refractivity contribution >= 4 is 28.0 Å². The average Bonchev–Trinajstić information content (AvgIpc) is 3.18. The first-order chi connectivity index (χ1) is 9.15. The fourth-order valence-corrected chi connectivity index (χ4v) is 1.89. The molecule has 0 bridgehead atoms. The standard InChI is InChI=1S/C14H15BrO4/c15-13-5-4-12(7-11(13)3-6-14(16)17)19-9-18-8-10-1-2-10/h3-7,10H,1-2,8-9H2,(H,16,17)/b6-3+. The van der Waals surface area contributed by atoms with Crippen molar-refractivity contribution in [1.29, 1.82) is 0 Å². The summed E-state index contributed by atoms with van der Waals surface area (Å²) >= 11 is 3.36. The number of aliphatic carboxylic acids is 1. The van der Waals surface area contributed by atoms with Gasteiger partial charge in [-0.25, -0.2) is 4.79 Å². The van der Waals surface area contributed by atoms with E-state index in [1.165, 1.54) is 18.9 Å². The summed E-state index contributed by atoms with van der Waals surface area (Å²) in [5.74, 6) is 0.387. The SMILES string of the molecule is O=C(O)/C=C/c1cc(OCOCC2CC2)ccc1Br. The molecule has 0 radical (unpaired) electrons. The molecule has 0 atom stereocenters. The molecule has 0 aliphatic heterocycles. The van der Waals surface area contributed by atoms with Gasteiger partial charge in [0.15, 0.2) is 6.79 Å². The summed E-state index contributed by atoms with van der Waals surface area (Å²) < 4.78 is 11.7. The van der Waals surface area contributed by atoms with Crippen molar-refractivity contribution in [3.63, 3.8) is 0 Å². The molecule has 0 unspecified atom stereocenters. The number of benzene rings is 1. The minimum Gasteiger partial charge on any atom is -0.478 e. The summed E-state index contributed by atoms with van der Waals surface area (Å²) in [6.45, 7) is 0.975. The van der Waals surface area contributed by atoms with Gasteiger partial charge in [0, 0.05) is 10.5 Å². The number of carboxylic acids is 1. The van der Waals surface area contributed by atoms with Gasteiger partial charge in [-0.1, -0.05) is 15.9 Å². The molecule has 5 heteroatoms. The summed E-state index contributed by atoms with van der Waals surface area (Å²) in [6.07, 6.45) is 5.11. The molecular weight excluding hydrogens is 312 g/mol. The Bertz CT molecular complexity index is 480. The Balaban J connectivity index is 1.88. The van der Waals surface area contributed by atoms with E-state index in [4.69, 9.17) is 14.6 Å². The molecule has 0 aromatic heterocycles. The van der Waals surface area contributed by atoms with E-state index in [1.54, 1.807) is 6.07 Å². The smallest absolute Gasteiger partial charge is 0.328 e. The Morgan fingerprint density at radius 1 is 1.47 bits per heavy atom. The number of ether oxygens (including phenoxy) is 2. The van der Waals surface area contributed by atoms with Gasteiger partial charge in [0.1, 0.15) is 5.75 Å². The molecule has 1 saturated carbocycles. The van der Waals surface area contributed by atoms with Crippen LogP contribution in [0, 0.1) is 5.92 Å². The average molecular weight is 327 g/mol. The largest absolute Gasteiger partial charge is 0.478 e. The molecule has 1 aliphatic carbocycles. The number of carbonyl (C=O) groups is 1. The third-order valence-electron chi connectivity index (χ3n) is 2.73. The Morgan fingerprint density at radius 2 is 2.26 bits per heavy atom. The summed E-state index contributed by atoms with van der Waals surface area (Å²) in [7, 11) is 0. The summed E-state index contributed by atoms with van der Waals surface area (Å²) in [5.41, 5.74) is 0.752. The van der Waals surface area contributed by atoms with Gasteiger partial charge in [0.25, 0.3) is 0 Å². The quantitative estimate of drug-likeness (QED) is 0.474. The van der Waals surface area contributed by atoms with Crippen LogP contribution in [-0.2, 0) is 9.53 Å². The molecule has 0 heterocycles. The minimum absolute atomic E-state index is 0.222. The van der Waals surface area contributed by atoms with E-state index in [9.17, 15) is 4.79 Å². The highest BCUT2D eigenvalue weighted by Gasteiger charge is 2.21. The lowest BCUT2D eigenvalue weighted by Crippen LogP contribution is -2.05. The van der Waals surface area contributed by atoms with Crippen LogP contribution in [0.15, 0.2) is 28.7 Å². The molecule has 1 fully saturated rings. The van der Waals surface area contributed by atoms with Crippen molar-refractivity contribution in [1.82, 2.24) is 0 Å². The summed E-state index contributed by atoms with van der Waals surface area (Å²) in [5, 5.41) is 8.61. The third kappa shape index (κ3) is 5.04. The van der Waals surface area contributed by atoms with Crippen LogP contribution in [0.1, 0.15) is 18.4 Å². The second-order valence-corrected chi connectivity index (χ2v) is 5.29. The van der Waals surface area contributed by atoms with E-state index in [-0.39, 0.29) is 6.79 Å². The first-order valence-corrected chi connectivity index (χ1v) is 6.85. The van der Waals surface area contributed by atoms with Crippen LogP contribution < -0.4 is 4.74 Å². The lowest BCUT2D eigenvalue weighted by Gasteiger charge is -2.08. The van der Waals surface area contributed by atoms with Gasteiger partial charge in [0.2, 0.25) is 0 Å². The van der Waals surface area contributed by atoms with Crippen molar-refractivity contribution < 1.29 is 19.4 Å². The van der Waals surface area contributed by atoms with Crippen molar-refractivity contribution in [2.75, 3.05) is 13.4 Å². The maximum Gasteiger partial charge on any atom is 0.328 e. The first kappa shape index (κ1) is 14.1. The van der Waals surface area contributed by atoms with Crippen LogP contribution in [0.2, 0.25) is 0 Å². The first-order valence-electron chi connectivity index (χ1n) is 6.06. The third-order valence-corrected chi connectivity index (χ3v) is 3.45. The maximum absolute atomic E-state index is 10.5. The second-order valence-electron chi connectivity index (χ2n) is 4.43. The summed E-state index contributed by atoms with van der Waals surface area (Å²) in [6, 6.07) is 5.39. The molecule has 0 amide bonds. The van der Waals surface area contributed by atoms with Crippen LogP contribution in [0.25, 0.3) is 6.08 Å². The molecule has 1 N–H and O–H groups in total. The topological polar surface area (TPSA) is 55.8 Å². The number of halogens is 1. The fraction of sp³-hybridized carbons (Fsp3) is 0.357. The van der Waals surface area contributed by atoms with Crippen molar-refractivity contribution in [2.45, 2.75) is 12.8 Å². The highest BCUT2D eigenvalue weighted by molar-refractivity contribution is 9.10. The normalized spacial score (nSPS) is 14.8. The molecule has 0 saturated heterocycles. The van der Waals surface area contributed by atoms with E-state index in [0.29, 0.717) is 11.7 Å². The lowest BCUT2D eigenvalue weighted by molar-refractivity contribution is -0.131. The summed E-state index contributed by atoms with van der Waals surface area (Å²) in [4.78, 5) is 10.5. The zero-order valence-corrected chi connectivity index (χ0v) is 11.9. The van der Waals surface area contributed by atoms with E-state index >= 15 is 0 Å². The monoisotopic (exact) mass is 326 g/mol. The second kappa shape index (κ2) is 6.73. The molecule has 4 nitrogen and oxygen atoms in total. The minimum atomic E-state index is -0.981. The van der Waals surface area contributed by atoms with E-state index < -0.39 is 5.97 Å². The molecular formula is C14H15BrO4. The van der Waals surface area contributed by atoms with Crippen molar-refractivity contribution in [2.24, 2.45) is 5.92 Å². The molecule has 1 aliphatic rings. The zero-order chi connectivity index (χ0) is 13.7. The molecule has 1 aromatic carbocycles. The lowest BCUT2D eigenvalue weighted by atomic mass is 10.2. The zero-order valence-electron chi connectivity index (χ0n) is 10.3. The van der Waals surface area contributed by atoms with Gasteiger partial charge in [-0.05, 0) is 48.6 Å². The molecule has 1 aromatic rings. The number of carboxylic acid groups (broad SMARTS) is 1. The Morgan fingerprint density at radius 3 is 2.95 bits per heavy atom. The predicted molar refractivity (Wildman–Crippen MR) is 75.0 cm³/mol. The van der Waals surface area contributed by atoms with Crippen molar-refractivity contribution in [3.05, 3.63) is 34.3 Å². The van der Waals surface area contributed by atoms with Crippen LogP contribution in [0.4, 0.5) is 0 Å². The van der Waals surface area contributed by atoms with Gasteiger partial charge >= 0.3 is 5.97 Å². The van der Waals surface area contributed by atoms with Gasteiger partial charge in [-0.3, -0.25) is 0 Å². The van der Waals surface area contributed by atoms with Gasteiger partial charge in [-0.2, -0.15) is 0 Å². The van der Waals surface area contributed by atoms with Crippen LogP contribution in [0.3, 0.4) is 0 Å². The van der Waals surface area contributed by atoms with Crippen LogP contribution in [-0.4, -0.2) is 24.5 Å². The molecule has 0 spiro atoms. The van der Waals surface area contributed by atoms with Crippen LogP contribution in [0.5, 0.6) is 5.75 Å². The van der Waals surface area contributed by atoms with Gasteiger partial charge in [-0.15, -0.1) is 0 Å². The highest BCUT2D eigenvalue weighted by atomic mass is 79.9. The van der Waals surface area contributed by atoms with Crippen molar-refractivity contribution in [3.8, 4) is 5.75 Å².